The SMILES string of the molecule is Cc1cn2nc(Br)cc2c(=O)n1C(C)CCl. The second-order valence-electron chi connectivity index (χ2n) is 3.75. The Balaban J connectivity index is 2.80. The number of halogens is 2. The molecule has 0 spiro atoms. The standard InChI is InChI=1S/C10H11BrClN3O/c1-6(4-12)15-7(2)5-14-8(10(15)16)3-9(11)13-14/h3,5-6H,4H2,1-2H3. The molecule has 1 atom stereocenters. The molecule has 0 bridgehead atoms. The van der Waals surface area contributed by atoms with E-state index in [9.17, 15) is 4.79 Å². The molecule has 0 aliphatic rings. The van der Waals surface area contributed by atoms with Gasteiger partial charge in [0.05, 0.1) is 0 Å². The summed E-state index contributed by atoms with van der Waals surface area (Å²) in [5, 5.41) is 4.15. The molecule has 0 saturated heterocycles. The van der Waals surface area contributed by atoms with Crippen LogP contribution in [0.3, 0.4) is 0 Å². The van der Waals surface area contributed by atoms with E-state index in [1.807, 2.05) is 20.0 Å². The van der Waals surface area contributed by atoms with Gasteiger partial charge in [0.15, 0.2) is 0 Å². The summed E-state index contributed by atoms with van der Waals surface area (Å²) in [7, 11) is 0. The van der Waals surface area contributed by atoms with Gasteiger partial charge in [-0.3, -0.25) is 4.79 Å². The first kappa shape index (κ1) is 11.7. The van der Waals surface area contributed by atoms with E-state index < -0.39 is 0 Å². The van der Waals surface area contributed by atoms with Crippen LogP contribution in [0.1, 0.15) is 18.7 Å². The third-order valence-electron chi connectivity index (χ3n) is 2.50. The van der Waals surface area contributed by atoms with Crippen molar-refractivity contribution < 1.29 is 0 Å². The van der Waals surface area contributed by atoms with Gasteiger partial charge in [-0.25, -0.2) is 4.52 Å². The summed E-state index contributed by atoms with van der Waals surface area (Å²) in [4.78, 5) is 12.2. The summed E-state index contributed by atoms with van der Waals surface area (Å²) >= 11 is 9.05. The quantitative estimate of drug-likeness (QED) is 0.799. The lowest BCUT2D eigenvalue weighted by Crippen LogP contribution is -2.27. The van der Waals surface area contributed by atoms with Gasteiger partial charge in [0.1, 0.15) is 10.1 Å². The van der Waals surface area contributed by atoms with E-state index in [0.29, 0.717) is 16.0 Å². The molecule has 0 fully saturated rings. The molecule has 0 saturated carbocycles. The Hall–Kier alpha value is -0.810. The van der Waals surface area contributed by atoms with Crippen LogP contribution in [0.5, 0.6) is 0 Å². The topological polar surface area (TPSA) is 39.3 Å². The summed E-state index contributed by atoms with van der Waals surface area (Å²) in [5.41, 5.74) is 1.34. The van der Waals surface area contributed by atoms with Crippen LogP contribution in [-0.2, 0) is 0 Å². The molecule has 0 aromatic carbocycles. The van der Waals surface area contributed by atoms with Gasteiger partial charge in [0, 0.05) is 29.9 Å². The van der Waals surface area contributed by atoms with Crippen molar-refractivity contribution in [2.45, 2.75) is 19.9 Å². The van der Waals surface area contributed by atoms with Gasteiger partial charge >= 0.3 is 0 Å². The average Bonchev–Trinajstić information content (AvgIpc) is 2.58. The van der Waals surface area contributed by atoms with E-state index in [2.05, 4.69) is 21.0 Å². The number of fused-ring (bicyclic) bond motifs is 1. The second-order valence-corrected chi connectivity index (χ2v) is 4.87. The molecule has 6 heteroatoms. The zero-order valence-electron chi connectivity index (χ0n) is 8.94. The van der Waals surface area contributed by atoms with Crippen molar-refractivity contribution in [2.75, 3.05) is 5.88 Å². The Labute approximate surface area is 106 Å². The van der Waals surface area contributed by atoms with Crippen LogP contribution >= 0.6 is 27.5 Å². The maximum absolute atomic E-state index is 12.2. The highest BCUT2D eigenvalue weighted by Gasteiger charge is 2.13. The van der Waals surface area contributed by atoms with Crippen LogP contribution in [0.2, 0.25) is 0 Å². The van der Waals surface area contributed by atoms with Crippen LogP contribution in [0.15, 0.2) is 21.7 Å². The number of aromatic nitrogens is 3. The van der Waals surface area contributed by atoms with Gasteiger partial charge < -0.3 is 4.57 Å². The van der Waals surface area contributed by atoms with Gasteiger partial charge in [-0.1, -0.05) is 0 Å². The Morgan fingerprint density at radius 1 is 1.62 bits per heavy atom. The van der Waals surface area contributed by atoms with Crippen molar-refractivity contribution in [3.8, 4) is 0 Å². The molecule has 2 aromatic heterocycles. The summed E-state index contributed by atoms with van der Waals surface area (Å²) in [6, 6.07) is 1.69. The third kappa shape index (κ3) is 1.78. The maximum Gasteiger partial charge on any atom is 0.277 e. The highest BCUT2D eigenvalue weighted by atomic mass is 79.9. The zero-order valence-corrected chi connectivity index (χ0v) is 11.3. The number of hydrogen-bond acceptors (Lipinski definition) is 2. The number of rotatable bonds is 2. The summed E-state index contributed by atoms with van der Waals surface area (Å²) in [6.45, 7) is 3.79. The Kier molecular flexibility index (Phi) is 3.08. The van der Waals surface area contributed by atoms with Crippen LogP contribution in [0.4, 0.5) is 0 Å². The van der Waals surface area contributed by atoms with Crippen molar-refractivity contribution in [1.29, 1.82) is 0 Å². The molecule has 16 heavy (non-hydrogen) atoms. The zero-order chi connectivity index (χ0) is 11.9. The minimum Gasteiger partial charge on any atom is -0.306 e. The van der Waals surface area contributed by atoms with E-state index in [0.717, 1.165) is 5.69 Å². The highest BCUT2D eigenvalue weighted by molar-refractivity contribution is 9.10. The average molecular weight is 305 g/mol. The van der Waals surface area contributed by atoms with E-state index in [-0.39, 0.29) is 11.6 Å². The van der Waals surface area contributed by atoms with Gasteiger partial charge in [0.2, 0.25) is 0 Å². The van der Waals surface area contributed by atoms with Gasteiger partial charge in [-0.15, -0.1) is 11.6 Å². The fourth-order valence-corrected chi connectivity index (χ4v) is 2.29. The van der Waals surface area contributed by atoms with E-state index in [4.69, 9.17) is 11.6 Å². The minimum atomic E-state index is -0.0636. The lowest BCUT2D eigenvalue weighted by atomic mass is 10.3. The molecule has 0 radical (unpaired) electrons. The smallest absolute Gasteiger partial charge is 0.277 e. The fourth-order valence-electron chi connectivity index (χ4n) is 1.76. The van der Waals surface area contributed by atoms with Crippen molar-refractivity contribution in [3.63, 3.8) is 0 Å². The molecule has 0 amide bonds. The lowest BCUT2D eigenvalue weighted by Gasteiger charge is -2.15. The molecule has 4 nitrogen and oxygen atoms in total. The first-order valence-electron chi connectivity index (χ1n) is 4.87. The normalized spacial score (nSPS) is 13.2. The van der Waals surface area contributed by atoms with Gasteiger partial charge in [0.25, 0.3) is 5.56 Å². The minimum absolute atomic E-state index is 0.0205. The first-order valence-corrected chi connectivity index (χ1v) is 6.20. The molecule has 0 N–H and O–H groups in total. The molecular formula is C10H11BrClN3O. The summed E-state index contributed by atoms with van der Waals surface area (Å²) in [6.07, 6.45) is 1.82. The fraction of sp³-hybridized carbons (Fsp3) is 0.400. The molecule has 1 unspecified atom stereocenters. The predicted octanol–water partition coefficient (Wildman–Crippen LogP) is 2.37. The van der Waals surface area contributed by atoms with Crippen molar-refractivity contribution in [2.24, 2.45) is 0 Å². The number of hydrogen-bond donors (Lipinski definition) is 0. The van der Waals surface area contributed by atoms with Crippen molar-refractivity contribution >= 4 is 33.0 Å². The Bertz CT molecular complexity index is 589. The lowest BCUT2D eigenvalue weighted by molar-refractivity contribution is 0.563. The largest absolute Gasteiger partial charge is 0.306 e. The third-order valence-corrected chi connectivity index (χ3v) is 3.33. The van der Waals surface area contributed by atoms with E-state index >= 15 is 0 Å². The van der Waals surface area contributed by atoms with Gasteiger partial charge in [-0.2, -0.15) is 5.10 Å². The molecule has 2 aromatic rings. The van der Waals surface area contributed by atoms with E-state index in [1.165, 1.54) is 0 Å². The van der Waals surface area contributed by atoms with Crippen molar-refractivity contribution in [3.05, 3.63) is 32.9 Å². The number of aryl methyl sites for hydroxylation is 1. The van der Waals surface area contributed by atoms with E-state index in [1.54, 1.807) is 15.1 Å². The molecule has 86 valence electrons. The van der Waals surface area contributed by atoms with Crippen LogP contribution in [-0.4, -0.2) is 20.1 Å². The molecular weight excluding hydrogens is 293 g/mol. The molecule has 2 heterocycles. The summed E-state index contributed by atoms with van der Waals surface area (Å²) in [5.74, 6) is 0.409. The van der Waals surface area contributed by atoms with Crippen LogP contribution in [0.25, 0.3) is 5.52 Å². The monoisotopic (exact) mass is 303 g/mol. The number of nitrogens with zero attached hydrogens (tertiary/aromatic N) is 3. The van der Waals surface area contributed by atoms with Crippen LogP contribution in [0, 0.1) is 6.92 Å². The maximum atomic E-state index is 12.2. The molecule has 2 rings (SSSR count). The number of alkyl halides is 1. The van der Waals surface area contributed by atoms with Gasteiger partial charge in [-0.05, 0) is 29.8 Å². The second kappa shape index (κ2) is 4.22. The van der Waals surface area contributed by atoms with Crippen LogP contribution < -0.4 is 5.56 Å². The predicted molar refractivity (Wildman–Crippen MR) is 67.3 cm³/mol. The Morgan fingerprint density at radius 2 is 2.31 bits per heavy atom. The van der Waals surface area contributed by atoms with Crippen molar-refractivity contribution in [1.82, 2.24) is 14.2 Å². The summed E-state index contributed by atoms with van der Waals surface area (Å²) < 4.78 is 3.93. The first-order chi connectivity index (χ1) is 7.54. The Morgan fingerprint density at radius 3 is 2.94 bits per heavy atom. The molecule has 0 aliphatic carbocycles. The highest BCUT2D eigenvalue weighted by Crippen LogP contribution is 2.13. The molecule has 0 aliphatic heterocycles.